The summed E-state index contributed by atoms with van der Waals surface area (Å²) in [4.78, 5) is 17.0. The molecule has 1 atom stereocenters. The van der Waals surface area contributed by atoms with Gasteiger partial charge >= 0.3 is 6.03 Å². The van der Waals surface area contributed by atoms with Gasteiger partial charge in [0.05, 0.1) is 0 Å². The number of rotatable bonds is 5. The van der Waals surface area contributed by atoms with Crippen molar-refractivity contribution < 1.29 is 4.79 Å². The van der Waals surface area contributed by atoms with Crippen LogP contribution in [0.25, 0.3) is 0 Å². The Bertz CT molecular complexity index is 553. The number of carbonyl (C=O) groups is 1. The van der Waals surface area contributed by atoms with Crippen molar-refractivity contribution in [3.05, 3.63) is 47.0 Å². The van der Waals surface area contributed by atoms with Crippen molar-refractivity contribution in [2.75, 3.05) is 5.32 Å². The molecule has 20 heavy (non-hydrogen) atoms. The van der Waals surface area contributed by atoms with E-state index >= 15 is 0 Å². The first-order valence-electron chi connectivity index (χ1n) is 6.67. The summed E-state index contributed by atoms with van der Waals surface area (Å²) in [6, 6.07) is 10.2. The summed E-state index contributed by atoms with van der Waals surface area (Å²) in [6.07, 6.45) is 3.62. The molecule has 4 nitrogen and oxygen atoms in total. The summed E-state index contributed by atoms with van der Waals surface area (Å²) in [5.74, 6) is 0. The normalized spacial score (nSPS) is 11.9. The zero-order valence-electron chi connectivity index (χ0n) is 11.7. The quantitative estimate of drug-likeness (QED) is 0.883. The molecule has 2 rings (SSSR count). The number of benzene rings is 1. The predicted molar refractivity (Wildman–Crippen MR) is 83.2 cm³/mol. The van der Waals surface area contributed by atoms with Crippen LogP contribution >= 0.6 is 11.3 Å². The van der Waals surface area contributed by atoms with Crippen molar-refractivity contribution in [2.45, 2.75) is 32.7 Å². The molecule has 2 amide bonds. The number of hydrogen-bond donors (Lipinski definition) is 2. The highest BCUT2D eigenvalue weighted by atomic mass is 32.1. The van der Waals surface area contributed by atoms with Gasteiger partial charge in [-0.25, -0.2) is 9.78 Å². The lowest BCUT2D eigenvalue weighted by atomic mass is 10.1. The van der Waals surface area contributed by atoms with E-state index in [1.807, 2.05) is 32.0 Å². The van der Waals surface area contributed by atoms with Gasteiger partial charge in [0.1, 0.15) is 0 Å². The lowest BCUT2D eigenvalue weighted by Crippen LogP contribution is -2.36. The summed E-state index contributed by atoms with van der Waals surface area (Å²) in [5.41, 5.74) is 1.29. The Hall–Kier alpha value is -1.88. The van der Waals surface area contributed by atoms with Gasteiger partial charge in [-0.15, -0.1) is 11.3 Å². The third-order valence-electron chi connectivity index (χ3n) is 2.93. The number of nitrogens with zero attached hydrogens (tertiary/aromatic N) is 1. The molecule has 5 heteroatoms. The Kier molecular flexibility index (Phi) is 5.12. The number of nitrogens with one attached hydrogen (secondary N) is 2. The smallest absolute Gasteiger partial charge is 0.321 e. The fourth-order valence-corrected chi connectivity index (χ4v) is 2.53. The fraction of sp³-hybridized carbons (Fsp3) is 0.333. The Balaban J connectivity index is 1.73. The van der Waals surface area contributed by atoms with Gasteiger partial charge in [0, 0.05) is 17.1 Å². The lowest BCUT2D eigenvalue weighted by Gasteiger charge is -2.13. The first-order chi connectivity index (χ1) is 9.63. The van der Waals surface area contributed by atoms with Crippen LogP contribution in [-0.4, -0.2) is 17.1 Å². The van der Waals surface area contributed by atoms with E-state index in [2.05, 4.69) is 27.8 Å². The number of carbonyl (C=O) groups excluding carboxylic acids is 1. The first-order valence-corrected chi connectivity index (χ1v) is 7.49. The van der Waals surface area contributed by atoms with Crippen LogP contribution in [0.2, 0.25) is 0 Å². The van der Waals surface area contributed by atoms with Crippen LogP contribution in [0.3, 0.4) is 0 Å². The highest BCUT2D eigenvalue weighted by Crippen LogP contribution is 2.16. The molecule has 106 valence electrons. The lowest BCUT2D eigenvalue weighted by molar-refractivity contribution is 0.248. The van der Waals surface area contributed by atoms with Gasteiger partial charge in [-0.2, -0.15) is 0 Å². The molecule has 0 aliphatic carbocycles. The highest BCUT2D eigenvalue weighted by Gasteiger charge is 2.09. The Morgan fingerprint density at radius 1 is 1.35 bits per heavy atom. The molecule has 0 saturated heterocycles. The summed E-state index contributed by atoms with van der Waals surface area (Å²) >= 11 is 1.47. The number of anilines is 1. The van der Waals surface area contributed by atoms with Crippen molar-refractivity contribution in [1.29, 1.82) is 0 Å². The standard InChI is InChI=1S/C15H19N3OS/c1-11(8-9-13-6-4-3-5-7-13)17-14(19)18-15-16-10-12(2)20-15/h3-7,10-11H,8-9H2,1-2H3,(H2,16,17,18,19). The second-order valence-corrected chi connectivity index (χ2v) is 6.03. The predicted octanol–water partition coefficient (Wildman–Crippen LogP) is 3.59. The van der Waals surface area contributed by atoms with Crippen LogP contribution < -0.4 is 10.6 Å². The van der Waals surface area contributed by atoms with E-state index in [0.717, 1.165) is 17.7 Å². The van der Waals surface area contributed by atoms with E-state index < -0.39 is 0 Å². The van der Waals surface area contributed by atoms with Crippen molar-refractivity contribution in [3.63, 3.8) is 0 Å². The number of amides is 2. The molecule has 0 spiro atoms. The Morgan fingerprint density at radius 2 is 2.10 bits per heavy atom. The van der Waals surface area contributed by atoms with Crippen LogP contribution in [0, 0.1) is 6.92 Å². The van der Waals surface area contributed by atoms with Crippen LogP contribution in [-0.2, 0) is 6.42 Å². The van der Waals surface area contributed by atoms with E-state index in [1.165, 1.54) is 16.9 Å². The topological polar surface area (TPSA) is 54.0 Å². The molecule has 0 bridgehead atoms. The molecule has 0 aliphatic heterocycles. The maximum absolute atomic E-state index is 11.8. The van der Waals surface area contributed by atoms with Crippen LogP contribution in [0.4, 0.5) is 9.93 Å². The summed E-state index contributed by atoms with van der Waals surface area (Å²) < 4.78 is 0. The van der Waals surface area contributed by atoms with E-state index in [4.69, 9.17) is 0 Å². The Morgan fingerprint density at radius 3 is 2.75 bits per heavy atom. The molecule has 2 aromatic rings. The molecule has 1 aromatic heterocycles. The average molecular weight is 289 g/mol. The summed E-state index contributed by atoms with van der Waals surface area (Å²) in [6.45, 7) is 3.97. The number of thiazole rings is 1. The first kappa shape index (κ1) is 14.5. The minimum Gasteiger partial charge on any atom is -0.335 e. The third-order valence-corrected chi connectivity index (χ3v) is 3.76. The molecule has 1 heterocycles. The fourth-order valence-electron chi connectivity index (χ4n) is 1.87. The van der Waals surface area contributed by atoms with Crippen LogP contribution in [0.15, 0.2) is 36.5 Å². The van der Waals surface area contributed by atoms with E-state index in [1.54, 1.807) is 6.20 Å². The van der Waals surface area contributed by atoms with Gasteiger partial charge in [-0.1, -0.05) is 30.3 Å². The largest absolute Gasteiger partial charge is 0.335 e. The van der Waals surface area contributed by atoms with Crippen molar-refractivity contribution in [1.82, 2.24) is 10.3 Å². The Labute approximate surface area is 123 Å². The summed E-state index contributed by atoms with van der Waals surface area (Å²) in [7, 11) is 0. The molecular weight excluding hydrogens is 270 g/mol. The van der Waals surface area contributed by atoms with Gasteiger partial charge in [0.2, 0.25) is 0 Å². The minimum absolute atomic E-state index is 0.122. The molecule has 2 N–H and O–H groups in total. The number of urea groups is 1. The molecule has 0 aliphatic rings. The second-order valence-electron chi connectivity index (χ2n) is 4.80. The SMILES string of the molecule is Cc1cnc(NC(=O)NC(C)CCc2ccccc2)s1. The molecule has 0 fully saturated rings. The maximum Gasteiger partial charge on any atom is 0.321 e. The zero-order valence-corrected chi connectivity index (χ0v) is 12.5. The van der Waals surface area contributed by atoms with Gasteiger partial charge in [-0.05, 0) is 32.3 Å². The van der Waals surface area contributed by atoms with Gasteiger partial charge in [0.15, 0.2) is 5.13 Å². The van der Waals surface area contributed by atoms with Gasteiger partial charge < -0.3 is 5.32 Å². The number of hydrogen-bond acceptors (Lipinski definition) is 3. The van der Waals surface area contributed by atoms with Gasteiger partial charge in [-0.3, -0.25) is 5.32 Å². The molecule has 1 unspecified atom stereocenters. The summed E-state index contributed by atoms with van der Waals surface area (Å²) in [5, 5.41) is 6.31. The van der Waals surface area contributed by atoms with Crippen molar-refractivity contribution in [2.24, 2.45) is 0 Å². The molecular formula is C15H19N3OS. The average Bonchev–Trinajstić information content (AvgIpc) is 2.83. The second kappa shape index (κ2) is 7.05. The maximum atomic E-state index is 11.8. The van der Waals surface area contributed by atoms with Crippen molar-refractivity contribution >= 4 is 22.5 Å². The number of aryl methyl sites for hydroxylation is 2. The van der Waals surface area contributed by atoms with E-state index in [0.29, 0.717) is 5.13 Å². The van der Waals surface area contributed by atoms with Crippen LogP contribution in [0.5, 0.6) is 0 Å². The van der Waals surface area contributed by atoms with E-state index in [9.17, 15) is 4.79 Å². The monoisotopic (exact) mass is 289 g/mol. The zero-order chi connectivity index (χ0) is 14.4. The molecule has 0 radical (unpaired) electrons. The third kappa shape index (κ3) is 4.66. The minimum atomic E-state index is -0.195. The molecule has 0 saturated carbocycles. The van der Waals surface area contributed by atoms with Gasteiger partial charge in [0.25, 0.3) is 0 Å². The highest BCUT2D eigenvalue weighted by molar-refractivity contribution is 7.15. The molecule has 1 aromatic carbocycles. The van der Waals surface area contributed by atoms with Crippen LogP contribution in [0.1, 0.15) is 23.8 Å². The van der Waals surface area contributed by atoms with Crippen molar-refractivity contribution in [3.8, 4) is 0 Å². The van der Waals surface area contributed by atoms with E-state index in [-0.39, 0.29) is 12.1 Å². The number of aromatic nitrogens is 1.